The van der Waals surface area contributed by atoms with Crippen molar-refractivity contribution >= 4 is 10.8 Å². The van der Waals surface area contributed by atoms with E-state index in [1.165, 1.54) is 0 Å². The van der Waals surface area contributed by atoms with Crippen molar-refractivity contribution < 1.29 is 14.6 Å². The quantitative estimate of drug-likeness (QED) is 0.792. The molecule has 0 fully saturated rings. The Morgan fingerprint density at radius 2 is 1.41 bits per heavy atom. The first-order valence-corrected chi connectivity index (χ1v) is 7.12. The Morgan fingerprint density at radius 1 is 0.773 bits per heavy atom. The summed E-state index contributed by atoms with van der Waals surface area (Å²) >= 11 is 0. The fourth-order valence-corrected chi connectivity index (χ4v) is 2.69. The van der Waals surface area contributed by atoms with Gasteiger partial charge in [0.05, 0.1) is 19.8 Å². The second-order valence-electron chi connectivity index (χ2n) is 5.09. The van der Waals surface area contributed by atoms with E-state index < -0.39 is 6.10 Å². The van der Waals surface area contributed by atoms with Crippen LogP contribution in [0.3, 0.4) is 0 Å². The SMILES string of the molecule is COc1cccc(OC)c1C(O)c1ccc2ccccc2c1. The van der Waals surface area contributed by atoms with E-state index in [9.17, 15) is 5.11 Å². The highest BCUT2D eigenvalue weighted by Crippen LogP contribution is 2.37. The van der Waals surface area contributed by atoms with Gasteiger partial charge in [0, 0.05) is 0 Å². The van der Waals surface area contributed by atoms with Crippen LogP contribution in [0, 0.1) is 0 Å². The number of methoxy groups -OCH3 is 2. The number of hydrogen-bond donors (Lipinski definition) is 1. The van der Waals surface area contributed by atoms with Gasteiger partial charge in [0.2, 0.25) is 0 Å². The van der Waals surface area contributed by atoms with Crippen LogP contribution >= 0.6 is 0 Å². The van der Waals surface area contributed by atoms with Gasteiger partial charge in [-0.05, 0) is 34.5 Å². The fraction of sp³-hybridized carbons (Fsp3) is 0.158. The zero-order valence-corrected chi connectivity index (χ0v) is 12.6. The minimum Gasteiger partial charge on any atom is -0.496 e. The highest BCUT2D eigenvalue weighted by Gasteiger charge is 2.20. The molecule has 0 aliphatic heterocycles. The van der Waals surface area contributed by atoms with E-state index >= 15 is 0 Å². The first kappa shape index (κ1) is 14.4. The topological polar surface area (TPSA) is 38.7 Å². The Balaban J connectivity index is 2.11. The van der Waals surface area contributed by atoms with Gasteiger partial charge in [-0.15, -0.1) is 0 Å². The molecule has 0 heterocycles. The van der Waals surface area contributed by atoms with Crippen LogP contribution in [0.15, 0.2) is 60.7 Å². The van der Waals surface area contributed by atoms with Crippen molar-refractivity contribution in [1.29, 1.82) is 0 Å². The normalized spacial score (nSPS) is 12.1. The van der Waals surface area contributed by atoms with Gasteiger partial charge in [-0.25, -0.2) is 0 Å². The van der Waals surface area contributed by atoms with Crippen LogP contribution < -0.4 is 9.47 Å². The van der Waals surface area contributed by atoms with Crippen LogP contribution in [0.4, 0.5) is 0 Å². The zero-order valence-electron chi connectivity index (χ0n) is 12.6. The van der Waals surface area contributed by atoms with Crippen molar-refractivity contribution in [2.75, 3.05) is 14.2 Å². The maximum atomic E-state index is 10.8. The first-order valence-electron chi connectivity index (χ1n) is 7.12. The maximum absolute atomic E-state index is 10.8. The molecular weight excluding hydrogens is 276 g/mol. The molecule has 3 nitrogen and oxygen atoms in total. The molecule has 0 amide bonds. The number of rotatable bonds is 4. The third-order valence-electron chi connectivity index (χ3n) is 3.83. The van der Waals surface area contributed by atoms with Gasteiger partial charge in [0.1, 0.15) is 17.6 Å². The van der Waals surface area contributed by atoms with Crippen molar-refractivity contribution in [1.82, 2.24) is 0 Å². The molecule has 22 heavy (non-hydrogen) atoms. The fourth-order valence-electron chi connectivity index (χ4n) is 2.69. The van der Waals surface area contributed by atoms with Crippen LogP contribution in [0.5, 0.6) is 11.5 Å². The highest BCUT2D eigenvalue weighted by atomic mass is 16.5. The summed E-state index contributed by atoms with van der Waals surface area (Å²) in [5.41, 5.74) is 1.45. The first-order chi connectivity index (χ1) is 10.7. The van der Waals surface area contributed by atoms with Crippen molar-refractivity contribution in [2.24, 2.45) is 0 Å². The molecule has 0 saturated heterocycles. The van der Waals surface area contributed by atoms with Crippen molar-refractivity contribution in [3.05, 3.63) is 71.8 Å². The molecule has 0 saturated carbocycles. The van der Waals surface area contributed by atoms with E-state index in [2.05, 4.69) is 6.07 Å². The average molecular weight is 294 g/mol. The molecule has 3 aromatic rings. The lowest BCUT2D eigenvalue weighted by molar-refractivity contribution is 0.209. The Bertz CT molecular complexity index is 773. The summed E-state index contributed by atoms with van der Waals surface area (Å²) < 4.78 is 10.8. The van der Waals surface area contributed by atoms with Crippen molar-refractivity contribution in [2.45, 2.75) is 6.10 Å². The van der Waals surface area contributed by atoms with E-state index in [4.69, 9.17) is 9.47 Å². The van der Waals surface area contributed by atoms with Crippen LogP contribution in [0.2, 0.25) is 0 Å². The Morgan fingerprint density at radius 3 is 2.05 bits per heavy atom. The lowest BCUT2D eigenvalue weighted by atomic mass is 9.97. The minimum atomic E-state index is -0.810. The third-order valence-corrected chi connectivity index (χ3v) is 3.83. The molecule has 3 rings (SSSR count). The third kappa shape index (κ3) is 2.51. The summed E-state index contributed by atoms with van der Waals surface area (Å²) in [6.07, 6.45) is -0.810. The highest BCUT2D eigenvalue weighted by molar-refractivity contribution is 5.83. The summed E-state index contributed by atoms with van der Waals surface area (Å²) in [6, 6.07) is 19.5. The number of fused-ring (bicyclic) bond motifs is 1. The van der Waals surface area contributed by atoms with Gasteiger partial charge >= 0.3 is 0 Å². The monoisotopic (exact) mass is 294 g/mol. The molecule has 112 valence electrons. The Hall–Kier alpha value is -2.52. The minimum absolute atomic E-state index is 0.611. The van der Waals surface area contributed by atoms with Crippen molar-refractivity contribution in [3.63, 3.8) is 0 Å². The second kappa shape index (κ2) is 6.08. The zero-order chi connectivity index (χ0) is 15.5. The number of ether oxygens (including phenoxy) is 2. The van der Waals surface area contributed by atoms with E-state index in [1.807, 2.05) is 54.6 Å². The summed E-state index contributed by atoms with van der Waals surface area (Å²) in [5.74, 6) is 1.22. The number of aliphatic hydroxyl groups excluding tert-OH is 1. The molecule has 0 aliphatic carbocycles. The molecule has 0 spiro atoms. The van der Waals surface area contributed by atoms with Crippen LogP contribution in [-0.4, -0.2) is 19.3 Å². The molecule has 1 atom stereocenters. The summed E-state index contributed by atoms with van der Waals surface area (Å²) in [5, 5.41) is 13.0. The standard InChI is InChI=1S/C19H18O3/c1-21-16-8-5-9-17(22-2)18(16)19(20)15-11-10-13-6-3-4-7-14(13)12-15/h3-12,19-20H,1-2H3. The molecule has 1 N–H and O–H groups in total. The van der Waals surface area contributed by atoms with Gasteiger partial charge in [0.15, 0.2) is 0 Å². The Labute approximate surface area is 129 Å². The molecule has 1 unspecified atom stereocenters. The predicted molar refractivity (Wildman–Crippen MR) is 87.6 cm³/mol. The van der Waals surface area contributed by atoms with E-state index in [0.29, 0.717) is 17.1 Å². The molecule has 0 aromatic heterocycles. The van der Waals surface area contributed by atoms with Crippen LogP contribution in [0.25, 0.3) is 10.8 Å². The van der Waals surface area contributed by atoms with E-state index in [1.54, 1.807) is 14.2 Å². The second-order valence-corrected chi connectivity index (χ2v) is 5.09. The predicted octanol–water partition coefficient (Wildman–Crippen LogP) is 3.94. The lowest BCUT2D eigenvalue weighted by Gasteiger charge is -2.18. The van der Waals surface area contributed by atoms with Gasteiger partial charge < -0.3 is 14.6 Å². The average Bonchev–Trinajstić information content (AvgIpc) is 2.59. The van der Waals surface area contributed by atoms with Crippen LogP contribution in [0.1, 0.15) is 17.2 Å². The smallest absolute Gasteiger partial charge is 0.128 e. The van der Waals surface area contributed by atoms with E-state index in [-0.39, 0.29) is 0 Å². The van der Waals surface area contributed by atoms with Crippen molar-refractivity contribution in [3.8, 4) is 11.5 Å². The maximum Gasteiger partial charge on any atom is 0.128 e. The number of hydrogen-bond acceptors (Lipinski definition) is 3. The number of aliphatic hydroxyl groups is 1. The number of benzene rings is 3. The molecular formula is C19H18O3. The van der Waals surface area contributed by atoms with Gasteiger partial charge in [-0.2, -0.15) is 0 Å². The summed E-state index contributed by atoms with van der Waals surface area (Å²) in [4.78, 5) is 0. The summed E-state index contributed by atoms with van der Waals surface area (Å²) in [6.45, 7) is 0. The molecule has 0 radical (unpaired) electrons. The van der Waals surface area contributed by atoms with Gasteiger partial charge in [-0.1, -0.05) is 42.5 Å². The molecule has 3 aromatic carbocycles. The molecule has 0 aliphatic rings. The largest absolute Gasteiger partial charge is 0.496 e. The van der Waals surface area contributed by atoms with E-state index in [0.717, 1.165) is 16.3 Å². The molecule has 3 heteroatoms. The van der Waals surface area contributed by atoms with Gasteiger partial charge in [-0.3, -0.25) is 0 Å². The van der Waals surface area contributed by atoms with Crippen LogP contribution in [-0.2, 0) is 0 Å². The summed E-state index contributed by atoms with van der Waals surface area (Å²) in [7, 11) is 3.18. The molecule has 0 bridgehead atoms. The lowest BCUT2D eigenvalue weighted by Crippen LogP contribution is -2.05. The Kier molecular flexibility index (Phi) is 3.98. The van der Waals surface area contributed by atoms with Gasteiger partial charge in [0.25, 0.3) is 0 Å².